The van der Waals surface area contributed by atoms with Crippen molar-refractivity contribution < 1.29 is 17.6 Å². The summed E-state index contributed by atoms with van der Waals surface area (Å²) in [5.41, 5.74) is 1.77. The highest BCUT2D eigenvalue weighted by Crippen LogP contribution is 2.27. The number of hydrogen-bond acceptors (Lipinski definition) is 7. The Hall–Kier alpha value is -3.19. The van der Waals surface area contributed by atoms with Crippen molar-refractivity contribution in [2.45, 2.75) is 11.4 Å². The van der Waals surface area contributed by atoms with Gasteiger partial charge >= 0.3 is 0 Å². The lowest BCUT2D eigenvalue weighted by molar-refractivity contribution is 0.0730. The van der Waals surface area contributed by atoms with E-state index >= 15 is 0 Å². The van der Waals surface area contributed by atoms with Crippen LogP contribution in [0.3, 0.4) is 0 Å². The van der Waals surface area contributed by atoms with Crippen molar-refractivity contribution in [2.24, 2.45) is 0 Å². The Morgan fingerprint density at radius 1 is 1.07 bits per heavy atom. The zero-order valence-corrected chi connectivity index (χ0v) is 16.9. The normalized spacial score (nSPS) is 14.9. The third-order valence-electron chi connectivity index (χ3n) is 4.74. The molecule has 1 aliphatic heterocycles. The number of anilines is 1. The number of nitrogens with zero attached hydrogens (tertiary/aromatic N) is 3. The number of aromatic nitrogens is 1. The Morgan fingerprint density at radius 2 is 1.77 bits per heavy atom. The molecule has 2 aromatic carbocycles. The van der Waals surface area contributed by atoms with Crippen LogP contribution < -0.4 is 5.32 Å². The number of ether oxygens (including phenoxy) is 1. The van der Waals surface area contributed by atoms with Gasteiger partial charge in [0.05, 0.1) is 18.1 Å². The second kappa shape index (κ2) is 8.67. The first-order valence-corrected chi connectivity index (χ1v) is 10.9. The van der Waals surface area contributed by atoms with Gasteiger partial charge in [-0.25, -0.2) is 8.42 Å². The van der Waals surface area contributed by atoms with Gasteiger partial charge in [0.1, 0.15) is 6.07 Å². The first-order valence-electron chi connectivity index (χ1n) is 9.45. The van der Waals surface area contributed by atoms with Crippen LogP contribution in [-0.4, -0.2) is 44.0 Å². The predicted molar refractivity (Wildman–Crippen MR) is 110 cm³/mol. The Bertz CT molecular complexity index is 1150. The maximum absolute atomic E-state index is 12.7. The van der Waals surface area contributed by atoms with Crippen molar-refractivity contribution in [3.05, 3.63) is 65.9 Å². The highest BCUT2D eigenvalue weighted by atomic mass is 32.2. The molecular formula is C21H20N4O4S. The van der Waals surface area contributed by atoms with Crippen LogP contribution >= 0.6 is 0 Å². The molecule has 0 amide bonds. The number of nitriles is 1. The van der Waals surface area contributed by atoms with E-state index in [1.54, 1.807) is 12.1 Å². The molecule has 0 saturated carbocycles. The van der Waals surface area contributed by atoms with Gasteiger partial charge in [0.25, 0.3) is 0 Å². The van der Waals surface area contributed by atoms with Crippen LogP contribution in [0.25, 0.3) is 11.5 Å². The van der Waals surface area contributed by atoms with Gasteiger partial charge in [-0.15, -0.1) is 0 Å². The molecule has 0 unspecified atom stereocenters. The fourth-order valence-electron chi connectivity index (χ4n) is 3.12. The molecule has 1 fully saturated rings. The van der Waals surface area contributed by atoms with Crippen LogP contribution in [-0.2, 0) is 21.3 Å². The smallest absolute Gasteiger partial charge is 0.243 e. The van der Waals surface area contributed by atoms with Crippen molar-refractivity contribution in [3.8, 4) is 17.5 Å². The predicted octanol–water partition coefficient (Wildman–Crippen LogP) is 2.85. The highest BCUT2D eigenvalue weighted by Gasteiger charge is 2.26. The van der Waals surface area contributed by atoms with Gasteiger partial charge in [0.2, 0.25) is 27.5 Å². The summed E-state index contributed by atoms with van der Waals surface area (Å²) >= 11 is 0. The maximum Gasteiger partial charge on any atom is 0.243 e. The van der Waals surface area contributed by atoms with Gasteiger partial charge < -0.3 is 14.5 Å². The van der Waals surface area contributed by atoms with Crippen LogP contribution in [0.2, 0.25) is 0 Å². The van der Waals surface area contributed by atoms with Crippen molar-refractivity contribution >= 4 is 15.9 Å². The van der Waals surface area contributed by atoms with Crippen LogP contribution in [0.4, 0.5) is 5.88 Å². The molecule has 0 bridgehead atoms. The fourth-order valence-corrected chi connectivity index (χ4v) is 4.53. The van der Waals surface area contributed by atoms with E-state index in [2.05, 4.69) is 10.3 Å². The second-order valence-electron chi connectivity index (χ2n) is 6.69. The van der Waals surface area contributed by atoms with Gasteiger partial charge in [-0.1, -0.05) is 30.3 Å². The van der Waals surface area contributed by atoms with E-state index in [9.17, 15) is 13.7 Å². The van der Waals surface area contributed by atoms with Gasteiger partial charge in [-0.2, -0.15) is 14.6 Å². The summed E-state index contributed by atoms with van der Waals surface area (Å²) in [6.45, 7) is 1.95. The molecule has 1 aliphatic rings. The third kappa shape index (κ3) is 4.21. The Morgan fingerprint density at radius 3 is 2.43 bits per heavy atom. The molecule has 30 heavy (non-hydrogen) atoms. The number of hydrogen-bond donors (Lipinski definition) is 1. The van der Waals surface area contributed by atoms with E-state index in [-0.39, 0.29) is 22.4 Å². The van der Waals surface area contributed by atoms with E-state index < -0.39 is 10.0 Å². The van der Waals surface area contributed by atoms with Gasteiger partial charge in [0.15, 0.2) is 0 Å². The van der Waals surface area contributed by atoms with Gasteiger partial charge in [-0.3, -0.25) is 0 Å². The third-order valence-corrected chi connectivity index (χ3v) is 6.65. The molecule has 0 aliphatic carbocycles. The topological polar surface area (TPSA) is 108 Å². The Balaban J connectivity index is 1.53. The molecule has 154 valence electrons. The number of benzene rings is 2. The number of sulfonamides is 1. The van der Waals surface area contributed by atoms with E-state index in [1.165, 1.54) is 16.4 Å². The second-order valence-corrected chi connectivity index (χ2v) is 8.63. The minimum Gasteiger partial charge on any atom is -0.419 e. The fraction of sp³-hybridized carbons (Fsp3) is 0.238. The zero-order valence-electron chi connectivity index (χ0n) is 16.1. The van der Waals surface area contributed by atoms with E-state index in [0.29, 0.717) is 38.4 Å². The summed E-state index contributed by atoms with van der Waals surface area (Å²) in [6, 6.07) is 18.0. The Kier molecular flexibility index (Phi) is 5.81. The van der Waals surface area contributed by atoms with E-state index in [0.717, 1.165) is 5.56 Å². The lowest BCUT2D eigenvalue weighted by Gasteiger charge is -2.26. The molecular weight excluding hydrogens is 404 g/mol. The largest absolute Gasteiger partial charge is 0.419 e. The van der Waals surface area contributed by atoms with Crippen LogP contribution in [0, 0.1) is 11.3 Å². The monoisotopic (exact) mass is 424 g/mol. The molecule has 2 heterocycles. The summed E-state index contributed by atoms with van der Waals surface area (Å²) in [5.74, 6) is 0.527. The van der Waals surface area contributed by atoms with Crippen LogP contribution in [0.15, 0.2) is 63.9 Å². The van der Waals surface area contributed by atoms with E-state index in [1.807, 2.05) is 36.4 Å². The van der Waals surface area contributed by atoms with Crippen molar-refractivity contribution in [1.82, 2.24) is 9.29 Å². The first-order chi connectivity index (χ1) is 14.6. The number of nitrogens with one attached hydrogen (secondary N) is 1. The quantitative estimate of drug-likeness (QED) is 0.648. The number of morpholine rings is 1. The van der Waals surface area contributed by atoms with Gasteiger partial charge in [0, 0.05) is 25.2 Å². The molecule has 1 saturated heterocycles. The molecule has 0 radical (unpaired) electrons. The summed E-state index contributed by atoms with van der Waals surface area (Å²) in [7, 11) is -3.57. The highest BCUT2D eigenvalue weighted by molar-refractivity contribution is 7.89. The molecule has 4 rings (SSSR count). The Labute approximate surface area is 174 Å². The van der Waals surface area contributed by atoms with E-state index in [4.69, 9.17) is 9.15 Å². The molecule has 0 atom stereocenters. The molecule has 3 aromatic rings. The lowest BCUT2D eigenvalue weighted by Crippen LogP contribution is -2.40. The number of oxazole rings is 1. The summed E-state index contributed by atoms with van der Waals surface area (Å²) in [6.07, 6.45) is 0. The number of rotatable bonds is 6. The average Bonchev–Trinajstić information content (AvgIpc) is 3.22. The van der Waals surface area contributed by atoms with Crippen molar-refractivity contribution in [2.75, 3.05) is 31.6 Å². The maximum atomic E-state index is 12.7. The molecule has 9 heteroatoms. The first kappa shape index (κ1) is 20.1. The molecule has 1 N–H and O–H groups in total. The summed E-state index contributed by atoms with van der Waals surface area (Å²) in [5, 5.41) is 12.4. The minimum atomic E-state index is -3.57. The minimum absolute atomic E-state index is 0.144. The summed E-state index contributed by atoms with van der Waals surface area (Å²) in [4.78, 5) is 4.42. The van der Waals surface area contributed by atoms with Crippen molar-refractivity contribution in [3.63, 3.8) is 0 Å². The lowest BCUT2D eigenvalue weighted by atomic mass is 10.2. The van der Waals surface area contributed by atoms with Gasteiger partial charge in [-0.05, 0) is 29.8 Å². The summed E-state index contributed by atoms with van der Waals surface area (Å²) < 4.78 is 37.8. The molecule has 8 nitrogen and oxygen atoms in total. The molecule has 0 spiro atoms. The van der Waals surface area contributed by atoms with Crippen LogP contribution in [0.5, 0.6) is 0 Å². The van der Waals surface area contributed by atoms with Crippen molar-refractivity contribution in [1.29, 1.82) is 5.26 Å². The molecule has 1 aromatic heterocycles. The standard InChI is InChI=1S/C21H20N4O4S/c22-14-19-21(23-15-16-4-2-1-3-5-16)29-20(24-19)17-6-8-18(9-7-17)30(26,27)25-10-12-28-13-11-25/h1-9,23H,10-13,15H2. The average molecular weight is 424 g/mol. The zero-order chi connectivity index (χ0) is 21.0. The van der Waals surface area contributed by atoms with Crippen LogP contribution in [0.1, 0.15) is 11.3 Å². The SMILES string of the molecule is N#Cc1nc(-c2ccc(S(=O)(=O)N3CCOCC3)cc2)oc1NCc1ccccc1.